The number of carbonyl (C=O) groups is 3. The fourth-order valence-electron chi connectivity index (χ4n) is 3.05. The number of anilines is 3. The number of aryl methyl sites for hydroxylation is 1. The number of aromatic nitrogens is 1. The summed E-state index contributed by atoms with van der Waals surface area (Å²) in [5.41, 5.74) is 1.78. The van der Waals surface area contributed by atoms with Crippen molar-refractivity contribution in [1.82, 2.24) is 9.88 Å². The second-order valence-corrected chi connectivity index (χ2v) is 7.44. The van der Waals surface area contributed by atoms with Crippen molar-refractivity contribution in [3.63, 3.8) is 0 Å². The molecule has 0 atom stereocenters. The SMILES string of the molecule is Cc1cccc(NC(=O)CN(C)CC(=O)Nc2ccccc2C(=O)Nc2ccc(F)cc2)n1. The number of rotatable bonds is 8. The van der Waals surface area contributed by atoms with Crippen molar-refractivity contribution in [2.75, 3.05) is 36.1 Å². The molecule has 3 aromatic rings. The van der Waals surface area contributed by atoms with E-state index in [1.54, 1.807) is 48.3 Å². The zero-order valence-corrected chi connectivity index (χ0v) is 18.3. The Labute approximate surface area is 190 Å². The number of hydrogen-bond donors (Lipinski definition) is 3. The lowest BCUT2D eigenvalue weighted by Crippen LogP contribution is -2.36. The summed E-state index contributed by atoms with van der Waals surface area (Å²) in [4.78, 5) is 43.1. The van der Waals surface area contributed by atoms with Crippen LogP contribution in [0.4, 0.5) is 21.6 Å². The Balaban J connectivity index is 1.56. The first kappa shape index (κ1) is 23.6. The lowest BCUT2D eigenvalue weighted by atomic mass is 10.1. The zero-order chi connectivity index (χ0) is 23.8. The molecular weight excluding hydrogens is 425 g/mol. The third-order valence-corrected chi connectivity index (χ3v) is 4.53. The average Bonchev–Trinajstić information content (AvgIpc) is 2.75. The number of benzene rings is 2. The summed E-state index contributed by atoms with van der Waals surface area (Å²) in [7, 11) is 1.63. The zero-order valence-electron chi connectivity index (χ0n) is 18.3. The van der Waals surface area contributed by atoms with E-state index in [-0.39, 0.29) is 30.5 Å². The molecule has 0 aliphatic carbocycles. The van der Waals surface area contributed by atoms with Crippen molar-refractivity contribution in [2.24, 2.45) is 0 Å². The Bertz CT molecular complexity index is 1150. The van der Waals surface area contributed by atoms with E-state index in [1.165, 1.54) is 24.3 Å². The highest BCUT2D eigenvalue weighted by Crippen LogP contribution is 2.18. The fourth-order valence-corrected chi connectivity index (χ4v) is 3.05. The van der Waals surface area contributed by atoms with Gasteiger partial charge in [-0.15, -0.1) is 0 Å². The highest BCUT2D eigenvalue weighted by molar-refractivity contribution is 6.10. The summed E-state index contributed by atoms with van der Waals surface area (Å²) in [5, 5.41) is 8.06. The van der Waals surface area contributed by atoms with Crippen LogP contribution in [0.25, 0.3) is 0 Å². The van der Waals surface area contributed by atoms with Gasteiger partial charge in [-0.2, -0.15) is 0 Å². The minimum absolute atomic E-state index is 0.0181. The van der Waals surface area contributed by atoms with Crippen molar-refractivity contribution in [1.29, 1.82) is 0 Å². The largest absolute Gasteiger partial charge is 0.324 e. The number of para-hydroxylation sites is 1. The number of pyridine rings is 1. The minimum Gasteiger partial charge on any atom is -0.324 e. The normalized spacial score (nSPS) is 10.5. The van der Waals surface area contributed by atoms with Gasteiger partial charge in [0.2, 0.25) is 11.8 Å². The molecule has 33 heavy (non-hydrogen) atoms. The molecule has 3 rings (SSSR count). The molecular formula is C24H24FN5O3. The first-order chi connectivity index (χ1) is 15.8. The number of hydrogen-bond acceptors (Lipinski definition) is 5. The summed E-state index contributed by atoms with van der Waals surface area (Å²) >= 11 is 0. The minimum atomic E-state index is -0.448. The lowest BCUT2D eigenvalue weighted by Gasteiger charge is -2.17. The molecule has 0 saturated heterocycles. The summed E-state index contributed by atoms with van der Waals surface area (Å²) in [6, 6.07) is 17.2. The van der Waals surface area contributed by atoms with Gasteiger partial charge in [0.15, 0.2) is 0 Å². The quantitative estimate of drug-likeness (QED) is 0.490. The van der Waals surface area contributed by atoms with Crippen LogP contribution in [0.1, 0.15) is 16.1 Å². The predicted molar refractivity (Wildman–Crippen MR) is 125 cm³/mol. The topological polar surface area (TPSA) is 103 Å². The highest BCUT2D eigenvalue weighted by atomic mass is 19.1. The Hall–Kier alpha value is -4.11. The summed E-state index contributed by atoms with van der Waals surface area (Å²) in [6.45, 7) is 1.74. The van der Waals surface area contributed by atoms with Gasteiger partial charge in [0.1, 0.15) is 11.6 Å². The molecule has 1 aromatic heterocycles. The Morgan fingerprint density at radius 1 is 0.848 bits per heavy atom. The van der Waals surface area contributed by atoms with Crippen LogP contribution < -0.4 is 16.0 Å². The van der Waals surface area contributed by atoms with E-state index in [0.717, 1.165) is 5.69 Å². The van der Waals surface area contributed by atoms with Gasteiger partial charge >= 0.3 is 0 Å². The van der Waals surface area contributed by atoms with Crippen LogP contribution in [0.3, 0.4) is 0 Å². The molecule has 3 N–H and O–H groups in total. The van der Waals surface area contributed by atoms with Crippen molar-refractivity contribution in [3.05, 3.63) is 83.8 Å². The molecule has 0 radical (unpaired) electrons. The molecule has 1 heterocycles. The van der Waals surface area contributed by atoms with E-state index in [4.69, 9.17) is 0 Å². The fraction of sp³-hybridized carbons (Fsp3) is 0.167. The maximum absolute atomic E-state index is 13.1. The first-order valence-electron chi connectivity index (χ1n) is 10.2. The number of nitrogens with zero attached hydrogens (tertiary/aromatic N) is 2. The molecule has 2 aromatic carbocycles. The number of halogens is 1. The van der Waals surface area contributed by atoms with Gasteiger partial charge in [0.25, 0.3) is 5.91 Å². The van der Waals surface area contributed by atoms with Gasteiger partial charge in [-0.3, -0.25) is 19.3 Å². The molecule has 0 saturated carbocycles. The molecule has 0 spiro atoms. The third kappa shape index (κ3) is 7.22. The maximum Gasteiger partial charge on any atom is 0.257 e. The van der Waals surface area contributed by atoms with Crippen LogP contribution in [-0.4, -0.2) is 47.7 Å². The van der Waals surface area contributed by atoms with Crippen LogP contribution in [0.2, 0.25) is 0 Å². The van der Waals surface area contributed by atoms with Crippen LogP contribution in [0.15, 0.2) is 66.7 Å². The van der Waals surface area contributed by atoms with E-state index in [0.29, 0.717) is 17.2 Å². The van der Waals surface area contributed by atoms with Gasteiger partial charge in [0, 0.05) is 11.4 Å². The van der Waals surface area contributed by atoms with E-state index < -0.39 is 11.7 Å². The highest BCUT2D eigenvalue weighted by Gasteiger charge is 2.16. The smallest absolute Gasteiger partial charge is 0.257 e. The molecule has 0 aliphatic rings. The van der Waals surface area contributed by atoms with E-state index in [9.17, 15) is 18.8 Å². The number of carbonyl (C=O) groups excluding carboxylic acids is 3. The monoisotopic (exact) mass is 449 g/mol. The second-order valence-electron chi connectivity index (χ2n) is 7.44. The lowest BCUT2D eigenvalue weighted by molar-refractivity contribution is -0.119. The van der Waals surface area contributed by atoms with Crippen molar-refractivity contribution < 1.29 is 18.8 Å². The first-order valence-corrected chi connectivity index (χ1v) is 10.2. The molecule has 0 fully saturated rings. The maximum atomic E-state index is 13.1. The van der Waals surface area contributed by atoms with E-state index >= 15 is 0 Å². The standard InChI is InChI=1S/C24H24FN5O3/c1-16-6-5-9-21(26-16)29-23(32)15-30(2)14-22(31)28-20-8-4-3-7-19(20)24(33)27-18-12-10-17(25)11-13-18/h3-13H,14-15H2,1-2H3,(H,27,33)(H,28,31)(H,26,29,32). The van der Waals surface area contributed by atoms with Gasteiger partial charge in [0.05, 0.1) is 24.3 Å². The summed E-state index contributed by atoms with van der Waals surface area (Å²) < 4.78 is 13.1. The van der Waals surface area contributed by atoms with Crippen LogP contribution >= 0.6 is 0 Å². The van der Waals surface area contributed by atoms with Gasteiger partial charge in [-0.25, -0.2) is 9.37 Å². The molecule has 0 unspecified atom stereocenters. The Morgan fingerprint density at radius 3 is 2.21 bits per heavy atom. The average molecular weight is 449 g/mol. The third-order valence-electron chi connectivity index (χ3n) is 4.53. The van der Waals surface area contributed by atoms with Crippen molar-refractivity contribution in [3.8, 4) is 0 Å². The predicted octanol–water partition coefficient (Wildman–Crippen LogP) is 3.29. The van der Waals surface area contributed by atoms with Gasteiger partial charge < -0.3 is 16.0 Å². The summed E-state index contributed by atoms with van der Waals surface area (Å²) in [5.74, 6) is -1.10. The number of amides is 3. The molecule has 170 valence electrons. The van der Waals surface area contributed by atoms with Crippen molar-refractivity contribution >= 4 is 34.9 Å². The number of nitrogens with one attached hydrogen (secondary N) is 3. The summed E-state index contributed by atoms with van der Waals surface area (Å²) in [6.07, 6.45) is 0. The molecule has 9 heteroatoms. The second kappa shape index (κ2) is 11.0. The molecule has 8 nitrogen and oxygen atoms in total. The Kier molecular flexibility index (Phi) is 7.82. The Morgan fingerprint density at radius 2 is 1.52 bits per heavy atom. The number of likely N-dealkylation sites (N-methyl/N-ethyl adjacent to an activating group) is 1. The van der Waals surface area contributed by atoms with Crippen LogP contribution in [-0.2, 0) is 9.59 Å². The molecule has 0 aliphatic heterocycles. The van der Waals surface area contributed by atoms with E-state index in [2.05, 4.69) is 20.9 Å². The van der Waals surface area contributed by atoms with E-state index in [1.807, 2.05) is 13.0 Å². The molecule has 3 amide bonds. The van der Waals surface area contributed by atoms with Gasteiger partial charge in [-0.05, 0) is 62.5 Å². The van der Waals surface area contributed by atoms with Crippen LogP contribution in [0.5, 0.6) is 0 Å². The van der Waals surface area contributed by atoms with Crippen molar-refractivity contribution in [2.45, 2.75) is 6.92 Å². The molecule has 0 bridgehead atoms. The van der Waals surface area contributed by atoms with Crippen LogP contribution in [0, 0.1) is 12.7 Å². The van der Waals surface area contributed by atoms with Gasteiger partial charge in [-0.1, -0.05) is 18.2 Å².